The molecule has 2 unspecified atom stereocenters. The number of carbonyl (C=O) groups excluding carboxylic acids is 3. The first kappa shape index (κ1) is 26.4. The molecule has 182 valence electrons. The maximum atomic E-state index is 12.9. The number of hydrogen-bond donors (Lipinski definition) is 2. The van der Waals surface area contributed by atoms with Gasteiger partial charge >= 0.3 is 11.9 Å². The molecule has 2 rings (SSSR count). The number of methoxy groups -OCH3 is 1. The topological polar surface area (TPSA) is 107 Å². The zero-order valence-corrected chi connectivity index (χ0v) is 20.7. The molecule has 1 amide bonds. The number of allylic oxidation sites excluding steroid dienone is 1. The summed E-state index contributed by atoms with van der Waals surface area (Å²) >= 11 is 0. The van der Waals surface area contributed by atoms with Crippen LogP contribution in [0.5, 0.6) is 0 Å². The molecule has 8 heteroatoms. The Balaban J connectivity index is 2.41. The van der Waals surface area contributed by atoms with Crippen molar-refractivity contribution >= 4 is 17.8 Å². The Morgan fingerprint density at radius 2 is 1.94 bits per heavy atom. The van der Waals surface area contributed by atoms with Gasteiger partial charge < -0.3 is 24.5 Å². The van der Waals surface area contributed by atoms with Crippen molar-refractivity contribution in [1.29, 1.82) is 0 Å². The van der Waals surface area contributed by atoms with Crippen LogP contribution < -0.4 is 5.32 Å². The molecule has 2 N–H and O–H groups in total. The van der Waals surface area contributed by atoms with Crippen LogP contribution in [0, 0.1) is 12.8 Å². The molecule has 0 aliphatic carbocycles. The Bertz CT molecular complexity index is 951. The highest BCUT2D eigenvalue weighted by atomic mass is 16.6. The molecule has 33 heavy (non-hydrogen) atoms. The fourth-order valence-corrected chi connectivity index (χ4v) is 3.91. The quantitative estimate of drug-likeness (QED) is 0.409. The fourth-order valence-electron chi connectivity index (χ4n) is 3.91. The van der Waals surface area contributed by atoms with E-state index >= 15 is 0 Å². The van der Waals surface area contributed by atoms with Crippen molar-refractivity contribution in [2.75, 3.05) is 13.7 Å². The third-order valence-electron chi connectivity index (χ3n) is 5.65. The van der Waals surface area contributed by atoms with Crippen LogP contribution in [0.3, 0.4) is 0 Å². The summed E-state index contributed by atoms with van der Waals surface area (Å²) in [5.41, 5.74) is 3.62. The van der Waals surface area contributed by atoms with E-state index in [4.69, 9.17) is 14.2 Å². The van der Waals surface area contributed by atoms with Gasteiger partial charge in [-0.25, -0.2) is 4.79 Å². The van der Waals surface area contributed by atoms with Gasteiger partial charge in [-0.1, -0.05) is 12.7 Å². The first-order valence-electron chi connectivity index (χ1n) is 11.2. The molecular formula is C25H36N2O6. The number of esters is 2. The summed E-state index contributed by atoms with van der Waals surface area (Å²) < 4.78 is 16.1. The van der Waals surface area contributed by atoms with Crippen LogP contribution in [-0.4, -0.2) is 48.3 Å². The van der Waals surface area contributed by atoms with Crippen LogP contribution in [0.15, 0.2) is 23.9 Å². The minimum Gasteiger partial charge on any atom is -0.461 e. The highest BCUT2D eigenvalue weighted by molar-refractivity contribution is 5.91. The fraction of sp³-hybridized carbons (Fsp3) is 0.560. The van der Waals surface area contributed by atoms with E-state index in [1.54, 1.807) is 27.9 Å². The van der Waals surface area contributed by atoms with Crippen molar-refractivity contribution < 1.29 is 28.6 Å². The van der Waals surface area contributed by atoms with Crippen molar-refractivity contribution in [3.63, 3.8) is 0 Å². The molecule has 0 bridgehead atoms. The van der Waals surface area contributed by atoms with Gasteiger partial charge in [0, 0.05) is 31.3 Å². The predicted molar refractivity (Wildman–Crippen MR) is 125 cm³/mol. The maximum Gasteiger partial charge on any atom is 0.355 e. The minimum absolute atomic E-state index is 0.0781. The Kier molecular flexibility index (Phi) is 8.66. The van der Waals surface area contributed by atoms with E-state index in [0.29, 0.717) is 24.1 Å². The van der Waals surface area contributed by atoms with E-state index in [1.165, 1.54) is 6.08 Å². The third kappa shape index (κ3) is 6.57. The van der Waals surface area contributed by atoms with Gasteiger partial charge in [-0.2, -0.15) is 0 Å². The molecule has 2 heterocycles. The number of ether oxygens (including phenoxy) is 3. The smallest absolute Gasteiger partial charge is 0.355 e. The Morgan fingerprint density at radius 1 is 1.27 bits per heavy atom. The maximum absolute atomic E-state index is 12.9. The monoisotopic (exact) mass is 460 g/mol. The second-order valence-electron chi connectivity index (χ2n) is 9.26. The first-order valence-corrected chi connectivity index (χ1v) is 11.2. The largest absolute Gasteiger partial charge is 0.461 e. The number of carbonyl (C=O) groups is 3. The van der Waals surface area contributed by atoms with Crippen LogP contribution >= 0.6 is 0 Å². The average Bonchev–Trinajstić information content (AvgIpc) is 3.19. The zero-order chi connectivity index (χ0) is 24.9. The Hall–Kier alpha value is -2.87. The van der Waals surface area contributed by atoms with Gasteiger partial charge in [0.2, 0.25) is 5.91 Å². The summed E-state index contributed by atoms with van der Waals surface area (Å²) in [7, 11) is 1.61. The van der Waals surface area contributed by atoms with Crippen molar-refractivity contribution in [3.05, 3.63) is 46.4 Å². The summed E-state index contributed by atoms with van der Waals surface area (Å²) in [5, 5.41) is 2.96. The lowest BCUT2D eigenvalue weighted by molar-refractivity contribution is -0.142. The number of hydrogen-bond acceptors (Lipinski definition) is 6. The standard InChI is InChI=1S/C25H36N2O6/c1-9-12-32-20(28)11-10-17-14(2)18(26-22(17)24(30)33-25(5,6)7)13-19-21(16(4)31-8)15(3)23(29)27-19/h9,15-16,26H,1,10-13H2,2-8H3,(H,27,29). The van der Waals surface area contributed by atoms with E-state index in [-0.39, 0.29) is 36.9 Å². The minimum atomic E-state index is -0.672. The molecule has 1 aliphatic rings. The molecule has 0 aromatic carbocycles. The molecule has 0 spiro atoms. The molecule has 1 aliphatic heterocycles. The molecule has 1 aromatic rings. The number of rotatable bonds is 10. The summed E-state index contributed by atoms with van der Waals surface area (Å²) in [6.45, 7) is 14.7. The number of H-pyrrole nitrogens is 1. The van der Waals surface area contributed by atoms with Gasteiger partial charge in [-0.05, 0) is 64.7 Å². The van der Waals surface area contributed by atoms with Gasteiger partial charge in [0.1, 0.15) is 17.9 Å². The highest BCUT2D eigenvalue weighted by Crippen LogP contribution is 2.30. The number of amides is 1. The highest BCUT2D eigenvalue weighted by Gasteiger charge is 2.34. The van der Waals surface area contributed by atoms with Crippen molar-refractivity contribution in [3.8, 4) is 0 Å². The Labute approximate surface area is 195 Å². The van der Waals surface area contributed by atoms with Crippen molar-refractivity contribution in [1.82, 2.24) is 10.3 Å². The average molecular weight is 461 g/mol. The van der Waals surface area contributed by atoms with Gasteiger partial charge in [0.25, 0.3) is 0 Å². The van der Waals surface area contributed by atoms with Crippen molar-refractivity contribution in [2.45, 2.75) is 72.5 Å². The molecule has 2 atom stereocenters. The number of aromatic nitrogens is 1. The van der Waals surface area contributed by atoms with Crippen molar-refractivity contribution in [2.24, 2.45) is 5.92 Å². The normalized spacial score (nSPS) is 17.1. The van der Waals surface area contributed by atoms with Crippen LogP contribution in [0.4, 0.5) is 0 Å². The molecule has 0 saturated carbocycles. The second kappa shape index (κ2) is 10.8. The van der Waals surface area contributed by atoms with E-state index in [2.05, 4.69) is 16.9 Å². The van der Waals surface area contributed by atoms with Crippen LogP contribution in [0.1, 0.15) is 68.3 Å². The predicted octanol–water partition coefficient (Wildman–Crippen LogP) is 3.54. The third-order valence-corrected chi connectivity index (χ3v) is 5.65. The lowest BCUT2D eigenvalue weighted by Crippen LogP contribution is -2.25. The lowest BCUT2D eigenvalue weighted by atomic mass is 9.95. The summed E-state index contributed by atoms with van der Waals surface area (Å²) in [6, 6.07) is 0. The molecule has 0 radical (unpaired) electrons. The lowest BCUT2D eigenvalue weighted by Gasteiger charge is -2.19. The van der Waals surface area contributed by atoms with E-state index in [9.17, 15) is 14.4 Å². The molecular weight excluding hydrogens is 424 g/mol. The number of nitrogens with one attached hydrogen (secondary N) is 2. The first-order chi connectivity index (χ1) is 15.4. The van der Waals surface area contributed by atoms with Crippen LogP contribution in [-0.2, 0) is 36.6 Å². The zero-order valence-electron chi connectivity index (χ0n) is 20.7. The summed E-state index contributed by atoms with van der Waals surface area (Å²) in [4.78, 5) is 40.5. The molecule has 0 fully saturated rings. The van der Waals surface area contributed by atoms with E-state index in [1.807, 2.05) is 20.8 Å². The van der Waals surface area contributed by atoms with Crippen LogP contribution in [0.25, 0.3) is 0 Å². The van der Waals surface area contributed by atoms with Gasteiger partial charge in [0.15, 0.2) is 0 Å². The van der Waals surface area contributed by atoms with E-state index < -0.39 is 11.6 Å². The van der Waals surface area contributed by atoms with E-state index in [0.717, 1.165) is 22.5 Å². The summed E-state index contributed by atoms with van der Waals surface area (Å²) in [5.74, 6) is -1.24. The van der Waals surface area contributed by atoms with Gasteiger partial charge in [0.05, 0.1) is 12.0 Å². The molecule has 0 saturated heterocycles. The van der Waals surface area contributed by atoms with Gasteiger partial charge in [-0.3, -0.25) is 9.59 Å². The molecule has 1 aromatic heterocycles. The van der Waals surface area contributed by atoms with Gasteiger partial charge in [-0.15, -0.1) is 0 Å². The Morgan fingerprint density at radius 3 is 2.52 bits per heavy atom. The summed E-state index contributed by atoms with van der Waals surface area (Å²) in [6.07, 6.45) is 2.10. The van der Waals surface area contributed by atoms with Crippen LogP contribution in [0.2, 0.25) is 0 Å². The number of aromatic amines is 1. The molecule has 8 nitrogen and oxygen atoms in total. The second-order valence-corrected chi connectivity index (χ2v) is 9.26. The SMILES string of the molecule is C=CCOC(=O)CCc1c(C(=O)OC(C)(C)C)[nH]c(CC2=C(C(C)OC)C(C)C(=O)N2)c1C.